The summed E-state index contributed by atoms with van der Waals surface area (Å²) in [7, 11) is 1.51. The van der Waals surface area contributed by atoms with Crippen LogP contribution in [0.2, 0.25) is 0 Å². The molecule has 0 aliphatic rings. The van der Waals surface area contributed by atoms with Gasteiger partial charge in [0.05, 0.1) is 7.11 Å². The lowest BCUT2D eigenvalue weighted by molar-refractivity contribution is -0.139. The highest BCUT2D eigenvalue weighted by Crippen LogP contribution is 2.08. The Morgan fingerprint density at radius 3 is 2.71 bits per heavy atom. The normalized spacial score (nSPS) is 11.8. The molecule has 116 valence electrons. The Hall–Kier alpha value is -2.31. The van der Waals surface area contributed by atoms with Crippen molar-refractivity contribution in [2.24, 2.45) is 5.92 Å². The fourth-order valence-corrected chi connectivity index (χ4v) is 1.76. The van der Waals surface area contributed by atoms with Crippen LogP contribution in [0.1, 0.15) is 25.8 Å². The molecule has 21 heavy (non-hydrogen) atoms. The fourth-order valence-electron chi connectivity index (χ4n) is 1.76. The van der Waals surface area contributed by atoms with Crippen LogP contribution in [0.5, 0.6) is 5.88 Å². The van der Waals surface area contributed by atoms with Crippen molar-refractivity contribution in [1.82, 2.24) is 15.6 Å². The van der Waals surface area contributed by atoms with Crippen molar-refractivity contribution in [2.45, 2.75) is 32.9 Å². The zero-order valence-electron chi connectivity index (χ0n) is 12.4. The highest BCUT2D eigenvalue weighted by atomic mass is 16.5. The summed E-state index contributed by atoms with van der Waals surface area (Å²) in [6.45, 7) is 4.07. The number of ether oxygens (including phenoxy) is 1. The molecule has 0 fully saturated rings. The first-order valence-electron chi connectivity index (χ1n) is 6.68. The molecule has 1 unspecified atom stereocenters. The van der Waals surface area contributed by atoms with Crippen molar-refractivity contribution >= 4 is 12.0 Å². The number of pyridine rings is 1. The second-order valence-electron chi connectivity index (χ2n) is 5.05. The SMILES string of the molecule is COc1cc(CNC(=O)NC(CC(C)C)C(=O)O)ccn1. The van der Waals surface area contributed by atoms with E-state index in [2.05, 4.69) is 15.6 Å². The van der Waals surface area contributed by atoms with Gasteiger partial charge in [-0.1, -0.05) is 13.8 Å². The highest BCUT2D eigenvalue weighted by molar-refractivity contribution is 5.82. The number of hydrogen-bond acceptors (Lipinski definition) is 4. The van der Waals surface area contributed by atoms with Crippen LogP contribution in [0.15, 0.2) is 18.3 Å². The van der Waals surface area contributed by atoms with Crippen molar-refractivity contribution in [3.63, 3.8) is 0 Å². The molecule has 0 saturated heterocycles. The maximum Gasteiger partial charge on any atom is 0.326 e. The molecule has 1 aromatic heterocycles. The fraction of sp³-hybridized carbons (Fsp3) is 0.500. The van der Waals surface area contributed by atoms with Gasteiger partial charge in [0.25, 0.3) is 0 Å². The van der Waals surface area contributed by atoms with Gasteiger partial charge in [-0.3, -0.25) is 0 Å². The van der Waals surface area contributed by atoms with Crippen molar-refractivity contribution in [3.8, 4) is 5.88 Å². The number of carbonyl (C=O) groups excluding carboxylic acids is 1. The zero-order chi connectivity index (χ0) is 15.8. The van der Waals surface area contributed by atoms with Crippen molar-refractivity contribution in [3.05, 3.63) is 23.9 Å². The first kappa shape index (κ1) is 16.7. The first-order valence-corrected chi connectivity index (χ1v) is 6.68. The number of methoxy groups -OCH3 is 1. The minimum absolute atomic E-state index is 0.177. The molecule has 1 atom stereocenters. The molecule has 0 bridgehead atoms. The predicted molar refractivity (Wildman–Crippen MR) is 77.0 cm³/mol. The lowest BCUT2D eigenvalue weighted by atomic mass is 10.0. The van der Waals surface area contributed by atoms with E-state index in [0.29, 0.717) is 12.3 Å². The Morgan fingerprint density at radius 1 is 1.43 bits per heavy atom. The molecule has 0 aliphatic carbocycles. The van der Waals surface area contributed by atoms with Crippen LogP contribution >= 0.6 is 0 Å². The standard InChI is InChI=1S/C14H21N3O4/c1-9(2)6-11(13(18)19)17-14(20)16-8-10-4-5-15-12(7-10)21-3/h4-5,7,9,11H,6,8H2,1-3H3,(H,18,19)(H2,16,17,20). The lowest BCUT2D eigenvalue weighted by Gasteiger charge is -2.17. The average Bonchev–Trinajstić information content (AvgIpc) is 2.44. The molecule has 1 heterocycles. The summed E-state index contributed by atoms with van der Waals surface area (Å²) in [5.74, 6) is -0.404. The summed E-state index contributed by atoms with van der Waals surface area (Å²) in [6.07, 6.45) is 1.96. The lowest BCUT2D eigenvalue weighted by Crippen LogP contribution is -2.46. The van der Waals surface area contributed by atoms with Crippen LogP contribution in [0, 0.1) is 5.92 Å². The van der Waals surface area contributed by atoms with Crippen molar-refractivity contribution < 1.29 is 19.4 Å². The Morgan fingerprint density at radius 2 is 2.14 bits per heavy atom. The molecule has 0 saturated carbocycles. The molecule has 7 heteroatoms. The monoisotopic (exact) mass is 295 g/mol. The van der Waals surface area contributed by atoms with E-state index >= 15 is 0 Å². The smallest absolute Gasteiger partial charge is 0.326 e. The maximum atomic E-state index is 11.7. The molecule has 1 aromatic rings. The molecule has 0 aliphatic heterocycles. The molecule has 7 nitrogen and oxygen atoms in total. The molecule has 2 amide bonds. The Kier molecular flexibility index (Phi) is 6.45. The number of aromatic nitrogens is 1. The average molecular weight is 295 g/mol. The van der Waals surface area contributed by atoms with Gasteiger partial charge < -0.3 is 20.5 Å². The van der Waals surface area contributed by atoms with Crippen molar-refractivity contribution in [2.75, 3.05) is 7.11 Å². The third-order valence-corrected chi connectivity index (χ3v) is 2.77. The maximum absolute atomic E-state index is 11.7. The van der Waals surface area contributed by atoms with Gasteiger partial charge in [0.15, 0.2) is 0 Å². The third-order valence-electron chi connectivity index (χ3n) is 2.77. The number of carboxylic acid groups (broad SMARTS) is 1. The molecule has 0 aromatic carbocycles. The minimum atomic E-state index is -1.04. The summed E-state index contributed by atoms with van der Waals surface area (Å²) >= 11 is 0. The second-order valence-corrected chi connectivity index (χ2v) is 5.05. The van der Waals surface area contributed by atoms with Gasteiger partial charge in [-0.15, -0.1) is 0 Å². The minimum Gasteiger partial charge on any atom is -0.481 e. The number of urea groups is 1. The number of carbonyl (C=O) groups is 2. The summed E-state index contributed by atoms with van der Waals surface area (Å²) < 4.78 is 4.98. The summed E-state index contributed by atoms with van der Waals surface area (Å²) in [6, 6.07) is 2.03. The van der Waals surface area contributed by atoms with Gasteiger partial charge >= 0.3 is 12.0 Å². The van der Waals surface area contributed by atoms with Gasteiger partial charge in [0.2, 0.25) is 5.88 Å². The van der Waals surface area contributed by atoms with E-state index < -0.39 is 18.0 Å². The van der Waals surface area contributed by atoms with Gasteiger partial charge in [-0.25, -0.2) is 14.6 Å². The molecular formula is C14H21N3O4. The zero-order valence-corrected chi connectivity index (χ0v) is 12.4. The predicted octanol–water partition coefficient (Wildman–Crippen LogP) is 1.39. The van der Waals surface area contributed by atoms with E-state index in [1.165, 1.54) is 7.11 Å². The van der Waals surface area contributed by atoms with E-state index in [1.54, 1.807) is 18.3 Å². The van der Waals surface area contributed by atoms with Crippen LogP contribution in [0.25, 0.3) is 0 Å². The molecule has 0 spiro atoms. The number of nitrogens with one attached hydrogen (secondary N) is 2. The summed E-state index contributed by atoms with van der Waals surface area (Å²) in [4.78, 5) is 26.8. The number of rotatable bonds is 7. The Balaban J connectivity index is 2.50. The van der Waals surface area contributed by atoms with Gasteiger partial charge in [-0.2, -0.15) is 0 Å². The quantitative estimate of drug-likeness (QED) is 0.705. The van der Waals surface area contributed by atoms with E-state index in [-0.39, 0.29) is 12.5 Å². The van der Waals surface area contributed by atoms with Gasteiger partial charge in [0, 0.05) is 18.8 Å². The molecule has 1 rings (SSSR count). The summed E-state index contributed by atoms with van der Waals surface area (Å²) in [5.41, 5.74) is 0.813. The number of carboxylic acids is 1. The summed E-state index contributed by atoms with van der Waals surface area (Å²) in [5, 5.41) is 14.1. The number of amides is 2. The Labute approximate surface area is 123 Å². The first-order chi connectivity index (χ1) is 9.92. The van der Waals surface area contributed by atoms with E-state index in [0.717, 1.165) is 5.56 Å². The van der Waals surface area contributed by atoms with Gasteiger partial charge in [0.1, 0.15) is 6.04 Å². The van der Waals surface area contributed by atoms with Crippen molar-refractivity contribution in [1.29, 1.82) is 0 Å². The van der Waals surface area contributed by atoms with Crippen LogP contribution in [0.4, 0.5) is 4.79 Å². The van der Waals surface area contributed by atoms with Crippen LogP contribution in [-0.4, -0.2) is 35.2 Å². The third kappa shape index (κ3) is 6.11. The number of hydrogen-bond donors (Lipinski definition) is 3. The highest BCUT2D eigenvalue weighted by Gasteiger charge is 2.20. The second kappa shape index (κ2) is 8.08. The topological polar surface area (TPSA) is 101 Å². The van der Waals surface area contributed by atoms with Crippen LogP contribution in [0.3, 0.4) is 0 Å². The van der Waals surface area contributed by atoms with E-state index in [1.807, 2.05) is 13.8 Å². The number of aliphatic carboxylic acids is 1. The van der Waals surface area contributed by atoms with Crippen LogP contribution < -0.4 is 15.4 Å². The Bertz CT molecular complexity index is 491. The molecular weight excluding hydrogens is 274 g/mol. The van der Waals surface area contributed by atoms with Gasteiger partial charge in [-0.05, 0) is 24.0 Å². The van der Waals surface area contributed by atoms with E-state index in [9.17, 15) is 9.59 Å². The van der Waals surface area contributed by atoms with E-state index in [4.69, 9.17) is 9.84 Å². The number of nitrogens with zero attached hydrogens (tertiary/aromatic N) is 1. The molecule has 3 N–H and O–H groups in total. The molecule has 0 radical (unpaired) electrons. The van der Waals surface area contributed by atoms with Crippen LogP contribution in [-0.2, 0) is 11.3 Å². The largest absolute Gasteiger partial charge is 0.481 e.